The van der Waals surface area contributed by atoms with Crippen LogP contribution in [0.25, 0.3) is 0 Å². The summed E-state index contributed by atoms with van der Waals surface area (Å²) >= 11 is 0. The maximum Gasteiger partial charge on any atom is 0.172 e. The fraction of sp³-hybridized carbons (Fsp3) is 0.826. The quantitative estimate of drug-likeness (QED) is 0.549. The molecular weight excluding hydrogens is 340 g/mol. The van der Waals surface area contributed by atoms with Crippen LogP contribution in [0, 0.1) is 41.4 Å². The Labute approximate surface area is 162 Å². The van der Waals surface area contributed by atoms with Gasteiger partial charge >= 0.3 is 0 Å². The van der Waals surface area contributed by atoms with Crippen molar-refractivity contribution in [3.8, 4) is 12.3 Å². The molecule has 2 N–H and O–H groups in total. The number of rotatable bonds is 1. The Hall–Kier alpha value is -0.860. The predicted octanol–water partition coefficient (Wildman–Crippen LogP) is 3.03. The van der Waals surface area contributed by atoms with E-state index in [-0.39, 0.29) is 11.3 Å². The van der Waals surface area contributed by atoms with E-state index in [0.717, 1.165) is 38.5 Å². The molecule has 4 aliphatic carbocycles. The van der Waals surface area contributed by atoms with Gasteiger partial charge in [-0.2, -0.15) is 0 Å². The molecule has 0 bridgehead atoms. The SMILES string of the molecule is C#C[C@]1(O)CCC2C3CC=C4CC5(CCC4C3C(O)C[C@@]21CC)OCCO5. The van der Waals surface area contributed by atoms with Gasteiger partial charge in [0.15, 0.2) is 5.79 Å². The minimum absolute atomic E-state index is 0.286. The molecule has 5 aliphatic rings. The minimum atomic E-state index is -1.06. The Morgan fingerprint density at radius 1 is 1.26 bits per heavy atom. The van der Waals surface area contributed by atoms with Crippen LogP contribution in [0.2, 0.25) is 0 Å². The third-order valence-electron chi connectivity index (χ3n) is 8.97. The molecule has 4 heteroatoms. The molecule has 1 heterocycles. The van der Waals surface area contributed by atoms with Gasteiger partial charge in [0.1, 0.15) is 5.60 Å². The molecule has 0 aromatic rings. The van der Waals surface area contributed by atoms with Gasteiger partial charge < -0.3 is 19.7 Å². The standard InChI is InChI=1S/C23H32O4/c1-3-21-14-19(24)20-16-7-10-23(26-11-12-27-23)13-15(16)5-6-17(20)18(21)8-9-22(21,25)4-2/h2,5,16-20,24-25H,3,6-14H2,1H3/t16?,17?,18?,19?,20?,21-,22-/m0/s1. The number of aliphatic hydroxyl groups excluding tert-OH is 1. The molecule has 0 amide bonds. The summed E-state index contributed by atoms with van der Waals surface area (Å²) in [6, 6.07) is 0. The van der Waals surface area contributed by atoms with Crippen LogP contribution in [0.1, 0.15) is 58.3 Å². The number of ether oxygens (including phenoxy) is 2. The molecule has 7 atom stereocenters. The van der Waals surface area contributed by atoms with E-state index in [2.05, 4.69) is 18.9 Å². The van der Waals surface area contributed by atoms with Gasteiger partial charge in [-0.3, -0.25) is 0 Å². The number of fused-ring (bicyclic) bond motifs is 5. The van der Waals surface area contributed by atoms with Crippen LogP contribution in [0.15, 0.2) is 11.6 Å². The average molecular weight is 373 g/mol. The summed E-state index contributed by atoms with van der Waals surface area (Å²) < 4.78 is 11.9. The normalized spacial score (nSPS) is 50.4. The van der Waals surface area contributed by atoms with Gasteiger partial charge in [0.05, 0.1) is 19.3 Å². The first-order chi connectivity index (χ1) is 13.0. The van der Waals surface area contributed by atoms with Gasteiger partial charge in [-0.05, 0) is 62.2 Å². The molecule has 4 fully saturated rings. The zero-order valence-corrected chi connectivity index (χ0v) is 16.3. The molecule has 4 nitrogen and oxygen atoms in total. The molecule has 0 radical (unpaired) electrons. The predicted molar refractivity (Wildman–Crippen MR) is 102 cm³/mol. The van der Waals surface area contributed by atoms with Crippen LogP contribution in [0.5, 0.6) is 0 Å². The Kier molecular flexibility index (Phi) is 4.09. The molecule has 0 aromatic carbocycles. The summed E-state index contributed by atoms with van der Waals surface area (Å²) in [7, 11) is 0. The zero-order chi connectivity index (χ0) is 18.9. The highest BCUT2D eigenvalue weighted by Crippen LogP contribution is 2.66. The van der Waals surface area contributed by atoms with Gasteiger partial charge in [0.2, 0.25) is 0 Å². The highest BCUT2D eigenvalue weighted by molar-refractivity contribution is 5.28. The highest BCUT2D eigenvalue weighted by Gasteiger charge is 2.65. The summed E-state index contributed by atoms with van der Waals surface area (Å²) in [6.07, 6.45) is 14.7. The Bertz CT molecular complexity index is 687. The molecule has 27 heavy (non-hydrogen) atoms. The summed E-state index contributed by atoms with van der Waals surface area (Å²) in [4.78, 5) is 0. The molecule has 1 spiro atoms. The van der Waals surface area contributed by atoms with Crippen molar-refractivity contribution in [1.29, 1.82) is 0 Å². The summed E-state index contributed by atoms with van der Waals surface area (Å²) in [6.45, 7) is 3.52. The van der Waals surface area contributed by atoms with Gasteiger partial charge in [-0.1, -0.05) is 24.5 Å². The largest absolute Gasteiger partial charge is 0.393 e. The molecular formula is C23H32O4. The summed E-state index contributed by atoms with van der Waals surface area (Å²) in [5.41, 5.74) is 0.0313. The van der Waals surface area contributed by atoms with Crippen molar-refractivity contribution in [3.63, 3.8) is 0 Å². The van der Waals surface area contributed by atoms with Gasteiger partial charge in [0.25, 0.3) is 0 Å². The van der Waals surface area contributed by atoms with Crippen LogP contribution in [0.4, 0.5) is 0 Å². The molecule has 148 valence electrons. The minimum Gasteiger partial charge on any atom is -0.393 e. The number of aliphatic hydroxyl groups is 2. The fourth-order valence-electron chi connectivity index (χ4n) is 7.79. The van der Waals surface area contributed by atoms with E-state index in [1.807, 2.05) is 0 Å². The lowest BCUT2D eigenvalue weighted by Gasteiger charge is -2.57. The van der Waals surface area contributed by atoms with Crippen molar-refractivity contribution in [2.45, 2.75) is 75.8 Å². The average Bonchev–Trinajstić information content (AvgIpc) is 3.25. The van der Waals surface area contributed by atoms with E-state index in [9.17, 15) is 10.2 Å². The molecule has 3 saturated carbocycles. The van der Waals surface area contributed by atoms with E-state index >= 15 is 0 Å². The van der Waals surface area contributed by atoms with Crippen LogP contribution >= 0.6 is 0 Å². The summed E-state index contributed by atoms with van der Waals surface area (Å²) in [5.74, 6) is 3.86. The van der Waals surface area contributed by atoms with Gasteiger partial charge in [0, 0.05) is 18.3 Å². The van der Waals surface area contributed by atoms with Crippen molar-refractivity contribution in [3.05, 3.63) is 11.6 Å². The Balaban J connectivity index is 1.47. The van der Waals surface area contributed by atoms with Gasteiger partial charge in [-0.15, -0.1) is 6.42 Å². The van der Waals surface area contributed by atoms with Crippen molar-refractivity contribution >= 4 is 0 Å². The van der Waals surface area contributed by atoms with E-state index in [1.165, 1.54) is 5.57 Å². The van der Waals surface area contributed by atoms with Crippen LogP contribution < -0.4 is 0 Å². The molecule has 5 rings (SSSR count). The van der Waals surface area contributed by atoms with Crippen LogP contribution in [-0.4, -0.2) is 40.9 Å². The third-order valence-corrected chi connectivity index (χ3v) is 8.97. The second-order valence-corrected chi connectivity index (χ2v) is 9.62. The van der Waals surface area contributed by atoms with Gasteiger partial charge in [-0.25, -0.2) is 0 Å². The Morgan fingerprint density at radius 2 is 2.04 bits per heavy atom. The number of hydrogen-bond donors (Lipinski definition) is 2. The van der Waals surface area contributed by atoms with Crippen molar-refractivity contribution in [2.24, 2.45) is 29.1 Å². The second-order valence-electron chi connectivity index (χ2n) is 9.62. The molecule has 5 unspecified atom stereocenters. The number of allylic oxidation sites excluding steroid dienone is 1. The molecule has 0 aromatic heterocycles. The fourth-order valence-corrected chi connectivity index (χ4v) is 7.79. The van der Waals surface area contributed by atoms with Crippen molar-refractivity contribution < 1.29 is 19.7 Å². The monoisotopic (exact) mass is 372 g/mol. The van der Waals surface area contributed by atoms with Crippen molar-refractivity contribution in [1.82, 2.24) is 0 Å². The number of terminal acetylenes is 1. The first kappa shape index (κ1) is 18.2. The van der Waals surface area contributed by atoms with E-state index in [4.69, 9.17) is 15.9 Å². The lowest BCUT2D eigenvalue weighted by molar-refractivity contribution is -0.185. The molecule has 1 saturated heterocycles. The number of hydrogen-bond acceptors (Lipinski definition) is 4. The maximum absolute atomic E-state index is 11.3. The van der Waals surface area contributed by atoms with Crippen LogP contribution in [0.3, 0.4) is 0 Å². The first-order valence-corrected chi connectivity index (χ1v) is 10.8. The smallest absolute Gasteiger partial charge is 0.172 e. The Morgan fingerprint density at radius 3 is 2.74 bits per heavy atom. The molecule has 1 aliphatic heterocycles. The lowest BCUT2D eigenvalue weighted by Crippen LogP contribution is -2.58. The van der Waals surface area contributed by atoms with E-state index in [1.54, 1.807) is 0 Å². The van der Waals surface area contributed by atoms with Crippen molar-refractivity contribution in [2.75, 3.05) is 13.2 Å². The van der Waals surface area contributed by atoms with E-state index in [0.29, 0.717) is 43.8 Å². The third kappa shape index (κ3) is 2.32. The first-order valence-electron chi connectivity index (χ1n) is 10.8. The van der Waals surface area contributed by atoms with Crippen LogP contribution in [-0.2, 0) is 9.47 Å². The zero-order valence-electron chi connectivity index (χ0n) is 16.3. The lowest BCUT2D eigenvalue weighted by atomic mass is 9.49. The maximum atomic E-state index is 11.3. The van der Waals surface area contributed by atoms with E-state index < -0.39 is 17.5 Å². The topological polar surface area (TPSA) is 58.9 Å². The second kappa shape index (κ2) is 6.07. The highest BCUT2D eigenvalue weighted by atomic mass is 16.7. The summed E-state index contributed by atoms with van der Waals surface area (Å²) in [5, 5.41) is 22.5.